The Bertz CT molecular complexity index is 617. The van der Waals surface area contributed by atoms with Crippen LogP contribution in [0.1, 0.15) is 20.1 Å². The van der Waals surface area contributed by atoms with E-state index in [0.29, 0.717) is 6.61 Å². The SMILES string of the molecule is Cn1c(=O)ccn([C@@H]2OC[C@H]3OC(C)(C)O[C@@H]23)c1=O. The fourth-order valence-corrected chi connectivity index (χ4v) is 2.54. The minimum atomic E-state index is -0.679. The first-order valence-corrected chi connectivity index (χ1v) is 6.14. The molecule has 7 heteroatoms. The Balaban J connectivity index is 1.98. The van der Waals surface area contributed by atoms with Crippen LogP contribution < -0.4 is 11.2 Å². The summed E-state index contributed by atoms with van der Waals surface area (Å²) in [5, 5.41) is 0. The second-order valence-corrected chi connectivity index (χ2v) is 5.27. The van der Waals surface area contributed by atoms with Crippen molar-refractivity contribution in [3.05, 3.63) is 33.1 Å². The van der Waals surface area contributed by atoms with Crippen LogP contribution >= 0.6 is 0 Å². The summed E-state index contributed by atoms with van der Waals surface area (Å²) < 4.78 is 19.4. The van der Waals surface area contributed by atoms with Crippen molar-refractivity contribution in [3.63, 3.8) is 0 Å². The van der Waals surface area contributed by atoms with Crippen molar-refractivity contribution in [2.75, 3.05) is 6.61 Å². The number of hydrogen-bond acceptors (Lipinski definition) is 5. The van der Waals surface area contributed by atoms with Gasteiger partial charge in [-0.2, -0.15) is 0 Å². The van der Waals surface area contributed by atoms with Crippen LogP contribution in [0.5, 0.6) is 0 Å². The summed E-state index contributed by atoms with van der Waals surface area (Å²) in [6, 6.07) is 1.33. The molecule has 0 aliphatic carbocycles. The average molecular weight is 268 g/mol. The third-order valence-electron chi connectivity index (χ3n) is 3.42. The van der Waals surface area contributed by atoms with Crippen LogP contribution in [0.2, 0.25) is 0 Å². The lowest BCUT2D eigenvalue weighted by Gasteiger charge is -2.23. The van der Waals surface area contributed by atoms with Crippen LogP contribution in [0.15, 0.2) is 21.9 Å². The van der Waals surface area contributed by atoms with Gasteiger partial charge < -0.3 is 14.2 Å². The van der Waals surface area contributed by atoms with Gasteiger partial charge >= 0.3 is 5.69 Å². The maximum absolute atomic E-state index is 12.1. The van der Waals surface area contributed by atoms with Crippen molar-refractivity contribution < 1.29 is 14.2 Å². The molecule has 1 aromatic heterocycles. The molecule has 0 bridgehead atoms. The molecule has 2 aliphatic rings. The summed E-state index contributed by atoms with van der Waals surface area (Å²) >= 11 is 0. The van der Waals surface area contributed by atoms with Gasteiger partial charge in [0.2, 0.25) is 0 Å². The smallest absolute Gasteiger partial charge is 0.332 e. The van der Waals surface area contributed by atoms with Crippen LogP contribution in [-0.4, -0.2) is 33.7 Å². The zero-order valence-electron chi connectivity index (χ0n) is 11.0. The lowest BCUT2D eigenvalue weighted by Crippen LogP contribution is -2.41. The second kappa shape index (κ2) is 4.03. The van der Waals surface area contributed by atoms with Gasteiger partial charge in [0, 0.05) is 19.3 Å². The molecule has 0 spiro atoms. The Morgan fingerprint density at radius 3 is 2.79 bits per heavy atom. The van der Waals surface area contributed by atoms with Crippen molar-refractivity contribution in [2.24, 2.45) is 7.05 Å². The highest BCUT2D eigenvalue weighted by Crippen LogP contribution is 2.38. The van der Waals surface area contributed by atoms with E-state index in [1.54, 1.807) is 0 Å². The molecule has 3 rings (SSSR count). The fraction of sp³-hybridized carbons (Fsp3) is 0.667. The zero-order chi connectivity index (χ0) is 13.8. The van der Waals surface area contributed by atoms with Crippen molar-refractivity contribution in [3.8, 4) is 0 Å². The van der Waals surface area contributed by atoms with Gasteiger partial charge in [-0.25, -0.2) is 4.79 Å². The van der Waals surface area contributed by atoms with Gasteiger partial charge in [-0.05, 0) is 13.8 Å². The number of aromatic nitrogens is 2. The van der Waals surface area contributed by atoms with E-state index in [9.17, 15) is 9.59 Å². The maximum Gasteiger partial charge on any atom is 0.332 e. The maximum atomic E-state index is 12.1. The molecule has 1 aromatic rings. The molecule has 0 aromatic carbocycles. The van der Waals surface area contributed by atoms with Crippen molar-refractivity contribution in [1.82, 2.24) is 9.13 Å². The lowest BCUT2D eigenvalue weighted by molar-refractivity contribution is -0.184. The summed E-state index contributed by atoms with van der Waals surface area (Å²) in [4.78, 5) is 23.5. The van der Waals surface area contributed by atoms with Crippen molar-refractivity contribution in [2.45, 2.75) is 38.1 Å². The Hall–Kier alpha value is -1.44. The Labute approximate surface area is 109 Å². The van der Waals surface area contributed by atoms with Crippen LogP contribution in [0, 0.1) is 0 Å². The predicted octanol–water partition coefficient (Wildman–Crippen LogP) is -0.404. The molecular weight excluding hydrogens is 252 g/mol. The first kappa shape index (κ1) is 12.6. The predicted molar refractivity (Wildman–Crippen MR) is 64.8 cm³/mol. The normalized spacial score (nSPS) is 32.5. The number of rotatable bonds is 1. The van der Waals surface area contributed by atoms with E-state index < -0.39 is 17.7 Å². The summed E-state index contributed by atoms with van der Waals surface area (Å²) in [5.74, 6) is -0.679. The Morgan fingerprint density at radius 2 is 2.05 bits per heavy atom. The third-order valence-corrected chi connectivity index (χ3v) is 3.42. The van der Waals surface area contributed by atoms with Gasteiger partial charge in [-0.15, -0.1) is 0 Å². The van der Waals surface area contributed by atoms with Gasteiger partial charge in [-0.1, -0.05) is 0 Å². The Morgan fingerprint density at radius 1 is 1.32 bits per heavy atom. The van der Waals surface area contributed by atoms with Crippen LogP contribution in [0.4, 0.5) is 0 Å². The largest absolute Gasteiger partial charge is 0.352 e. The summed E-state index contributed by atoms with van der Waals surface area (Å²) in [6.45, 7) is 4.02. The van der Waals surface area contributed by atoms with Crippen LogP contribution in [0.3, 0.4) is 0 Å². The minimum Gasteiger partial charge on any atom is -0.352 e. The number of hydrogen-bond donors (Lipinski definition) is 0. The summed E-state index contributed by atoms with van der Waals surface area (Å²) in [6.07, 6.45) is 0.340. The molecule has 2 aliphatic heterocycles. The molecule has 0 amide bonds. The highest BCUT2D eigenvalue weighted by atomic mass is 16.8. The van der Waals surface area contributed by atoms with E-state index in [2.05, 4.69) is 0 Å². The molecule has 0 radical (unpaired) electrons. The molecule has 3 atom stereocenters. The van der Waals surface area contributed by atoms with E-state index >= 15 is 0 Å². The highest BCUT2D eigenvalue weighted by molar-refractivity contribution is 4.95. The topological polar surface area (TPSA) is 71.7 Å². The molecule has 2 fully saturated rings. The molecule has 2 saturated heterocycles. The van der Waals surface area contributed by atoms with Crippen molar-refractivity contribution >= 4 is 0 Å². The molecule has 104 valence electrons. The third kappa shape index (κ3) is 1.94. The quantitative estimate of drug-likeness (QED) is 0.693. The molecule has 3 heterocycles. The van der Waals surface area contributed by atoms with Gasteiger partial charge in [0.05, 0.1) is 6.61 Å². The summed E-state index contributed by atoms with van der Waals surface area (Å²) in [7, 11) is 1.43. The molecule has 7 nitrogen and oxygen atoms in total. The summed E-state index contributed by atoms with van der Waals surface area (Å²) in [5.41, 5.74) is -0.772. The minimum absolute atomic E-state index is 0.191. The Kier molecular flexibility index (Phi) is 2.67. The number of nitrogens with zero attached hydrogens (tertiary/aromatic N) is 2. The van der Waals surface area contributed by atoms with Gasteiger partial charge in [0.1, 0.15) is 12.2 Å². The van der Waals surface area contributed by atoms with E-state index in [4.69, 9.17) is 14.2 Å². The van der Waals surface area contributed by atoms with E-state index in [1.165, 1.54) is 23.9 Å². The van der Waals surface area contributed by atoms with Gasteiger partial charge in [0.25, 0.3) is 5.56 Å². The van der Waals surface area contributed by atoms with Gasteiger partial charge in [-0.3, -0.25) is 13.9 Å². The lowest BCUT2D eigenvalue weighted by atomic mass is 10.2. The van der Waals surface area contributed by atoms with E-state index in [1.807, 2.05) is 13.8 Å². The number of fused-ring (bicyclic) bond motifs is 1. The molecule has 0 N–H and O–H groups in total. The molecular formula is C12H16N2O5. The first-order chi connectivity index (χ1) is 8.89. The molecule has 0 unspecified atom stereocenters. The van der Waals surface area contributed by atoms with E-state index in [-0.39, 0.29) is 17.8 Å². The fourth-order valence-electron chi connectivity index (χ4n) is 2.54. The molecule has 19 heavy (non-hydrogen) atoms. The van der Waals surface area contributed by atoms with Crippen LogP contribution in [0.25, 0.3) is 0 Å². The van der Waals surface area contributed by atoms with Crippen molar-refractivity contribution in [1.29, 1.82) is 0 Å². The van der Waals surface area contributed by atoms with E-state index in [0.717, 1.165) is 4.57 Å². The molecule has 0 saturated carbocycles. The standard InChI is InChI=1S/C12H16N2O5/c1-12(2)18-7-6-17-10(9(7)19-12)14-5-4-8(15)13(3)11(14)16/h4-5,7,9-10H,6H2,1-3H3/t7-,9-,10-/m1/s1. The average Bonchev–Trinajstić information content (AvgIpc) is 2.82. The first-order valence-electron chi connectivity index (χ1n) is 6.14. The number of ether oxygens (including phenoxy) is 3. The highest BCUT2D eigenvalue weighted by Gasteiger charge is 2.51. The second-order valence-electron chi connectivity index (χ2n) is 5.27. The zero-order valence-corrected chi connectivity index (χ0v) is 11.0. The van der Waals surface area contributed by atoms with Gasteiger partial charge in [0.15, 0.2) is 12.0 Å². The van der Waals surface area contributed by atoms with Crippen LogP contribution in [-0.2, 0) is 21.3 Å². The monoisotopic (exact) mass is 268 g/mol.